The largest absolute Gasteiger partial charge is 0.483 e. The van der Waals surface area contributed by atoms with Crippen molar-refractivity contribution < 1.29 is 19.4 Å². The van der Waals surface area contributed by atoms with E-state index in [2.05, 4.69) is 20.8 Å². The first-order valence-electron chi connectivity index (χ1n) is 7.47. The third-order valence-corrected chi connectivity index (χ3v) is 3.38. The number of likely N-dealkylation sites (N-methyl/N-ethyl adjacent to an activating group) is 1. The molecule has 0 bridgehead atoms. The van der Waals surface area contributed by atoms with Gasteiger partial charge in [0.15, 0.2) is 6.61 Å². The van der Waals surface area contributed by atoms with Crippen LogP contribution in [0, 0.1) is 0 Å². The van der Waals surface area contributed by atoms with E-state index in [1.54, 1.807) is 0 Å². The number of benzene rings is 1. The van der Waals surface area contributed by atoms with E-state index in [-0.39, 0.29) is 30.9 Å². The van der Waals surface area contributed by atoms with Crippen LogP contribution in [0.15, 0.2) is 24.3 Å². The summed E-state index contributed by atoms with van der Waals surface area (Å²) in [5.41, 5.74) is 0.962. The van der Waals surface area contributed by atoms with Crippen molar-refractivity contribution in [3.63, 3.8) is 0 Å². The van der Waals surface area contributed by atoms with Crippen LogP contribution in [0.1, 0.15) is 39.7 Å². The molecule has 0 atom stereocenters. The minimum atomic E-state index is -0.912. The van der Waals surface area contributed by atoms with Crippen molar-refractivity contribution in [2.24, 2.45) is 0 Å². The number of nitrogens with zero attached hydrogens (tertiary/aromatic N) is 1. The second-order valence-corrected chi connectivity index (χ2v) is 6.15. The lowest BCUT2D eigenvalue weighted by Crippen LogP contribution is -2.36. The maximum atomic E-state index is 12.1. The lowest BCUT2D eigenvalue weighted by molar-refractivity contribution is -0.139. The first-order chi connectivity index (χ1) is 10.3. The normalized spacial score (nSPS) is 11.1. The maximum Gasteiger partial charge on any atom is 0.305 e. The molecule has 1 aromatic carbocycles. The number of carboxylic acid groups (broad SMARTS) is 1. The number of aliphatic carboxylic acids is 1. The molecule has 5 heteroatoms. The Bertz CT molecular complexity index is 520. The van der Waals surface area contributed by atoms with Crippen molar-refractivity contribution in [2.45, 2.75) is 39.5 Å². The van der Waals surface area contributed by atoms with Gasteiger partial charge in [-0.2, -0.15) is 0 Å². The number of carbonyl (C=O) groups excluding carboxylic acids is 1. The van der Waals surface area contributed by atoms with Crippen molar-refractivity contribution in [3.05, 3.63) is 29.8 Å². The summed E-state index contributed by atoms with van der Waals surface area (Å²) in [5.74, 6) is -0.421. The van der Waals surface area contributed by atoms with Gasteiger partial charge < -0.3 is 14.7 Å². The van der Waals surface area contributed by atoms with E-state index < -0.39 is 5.97 Å². The van der Waals surface area contributed by atoms with Crippen LogP contribution in [0.3, 0.4) is 0 Å². The monoisotopic (exact) mass is 307 g/mol. The van der Waals surface area contributed by atoms with E-state index in [4.69, 9.17) is 9.84 Å². The highest BCUT2D eigenvalue weighted by molar-refractivity contribution is 5.78. The van der Waals surface area contributed by atoms with Gasteiger partial charge in [-0.25, -0.2) is 0 Å². The molecule has 22 heavy (non-hydrogen) atoms. The van der Waals surface area contributed by atoms with Crippen LogP contribution in [-0.4, -0.2) is 41.6 Å². The molecule has 5 nitrogen and oxygen atoms in total. The second-order valence-electron chi connectivity index (χ2n) is 6.15. The lowest BCUT2D eigenvalue weighted by Gasteiger charge is -2.24. The summed E-state index contributed by atoms with van der Waals surface area (Å²) >= 11 is 0. The molecule has 1 rings (SSSR count). The molecule has 0 fully saturated rings. The summed E-state index contributed by atoms with van der Waals surface area (Å²) in [6.07, 6.45) is -0.0574. The molecule has 0 radical (unpaired) electrons. The Hall–Kier alpha value is -2.04. The third-order valence-electron chi connectivity index (χ3n) is 3.38. The molecule has 0 aliphatic heterocycles. The van der Waals surface area contributed by atoms with Crippen LogP contribution >= 0.6 is 0 Å². The molecule has 0 aliphatic rings. The van der Waals surface area contributed by atoms with Crippen LogP contribution in [-0.2, 0) is 15.0 Å². The Labute approximate surface area is 131 Å². The fourth-order valence-corrected chi connectivity index (χ4v) is 2.13. The molecule has 122 valence electrons. The zero-order valence-electron chi connectivity index (χ0n) is 13.8. The van der Waals surface area contributed by atoms with Gasteiger partial charge in [0.1, 0.15) is 5.75 Å². The maximum absolute atomic E-state index is 12.1. The molecular weight excluding hydrogens is 282 g/mol. The predicted octanol–water partition coefficient (Wildman–Crippen LogP) is 2.69. The van der Waals surface area contributed by atoms with E-state index in [0.29, 0.717) is 12.3 Å². The number of rotatable bonds is 7. The minimum absolute atomic E-state index is 0.0574. The fraction of sp³-hybridized carbons (Fsp3) is 0.529. The van der Waals surface area contributed by atoms with Gasteiger partial charge >= 0.3 is 5.97 Å². The highest BCUT2D eigenvalue weighted by atomic mass is 16.5. The fourth-order valence-electron chi connectivity index (χ4n) is 2.13. The highest BCUT2D eigenvalue weighted by Crippen LogP contribution is 2.30. The van der Waals surface area contributed by atoms with Crippen molar-refractivity contribution in [1.29, 1.82) is 0 Å². The second kappa shape index (κ2) is 7.82. The van der Waals surface area contributed by atoms with Crippen LogP contribution < -0.4 is 4.74 Å². The zero-order chi connectivity index (χ0) is 16.8. The van der Waals surface area contributed by atoms with Crippen LogP contribution in [0.5, 0.6) is 5.75 Å². The molecule has 0 spiro atoms. The van der Waals surface area contributed by atoms with E-state index in [1.807, 2.05) is 31.2 Å². The Morgan fingerprint density at radius 1 is 1.23 bits per heavy atom. The van der Waals surface area contributed by atoms with Gasteiger partial charge in [-0.05, 0) is 24.0 Å². The Morgan fingerprint density at radius 2 is 1.86 bits per heavy atom. The summed E-state index contributed by atoms with van der Waals surface area (Å²) in [4.78, 5) is 24.2. The van der Waals surface area contributed by atoms with Crippen LogP contribution in [0.4, 0.5) is 0 Å². The summed E-state index contributed by atoms with van der Waals surface area (Å²) in [7, 11) is 0. The van der Waals surface area contributed by atoms with E-state index in [1.165, 1.54) is 4.90 Å². The van der Waals surface area contributed by atoms with Gasteiger partial charge in [-0.15, -0.1) is 0 Å². The molecule has 1 aromatic rings. The SMILES string of the molecule is CCN(CCC(=O)O)C(=O)COc1ccccc1C(C)(C)C. The minimum Gasteiger partial charge on any atom is -0.483 e. The van der Waals surface area contributed by atoms with Crippen LogP contribution in [0.25, 0.3) is 0 Å². The van der Waals surface area contributed by atoms with Crippen molar-refractivity contribution in [3.8, 4) is 5.75 Å². The Kier molecular flexibility index (Phi) is 6.40. The lowest BCUT2D eigenvalue weighted by atomic mass is 9.86. The number of hydrogen-bond donors (Lipinski definition) is 1. The van der Waals surface area contributed by atoms with Gasteiger partial charge in [0, 0.05) is 13.1 Å². The molecule has 0 aromatic heterocycles. The van der Waals surface area contributed by atoms with Gasteiger partial charge in [-0.3, -0.25) is 9.59 Å². The highest BCUT2D eigenvalue weighted by Gasteiger charge is 2.20. The number of hydrogen-bond acceptors (Lipinski definition) is 3. The Balaban J connectivity index is 2.69. The first-order valence-corrected chi connectivity index (χ1v) is 7.47. The topological polar surface area (TPSA) is 66.8 Å². The molecular formula is C17H25NO4. The van der Waals surface area contributed by atoms with Gasteiger partial charge in [0.25, 0.3) is 5.91 Å². The molecule has 1 N–H and O–H groups in total. The molecule has 0 heterocycles. The summed E-state index contributed by atoms with van der Waals surface area (Å²) < 4.78 is 5.68. The summed E-state index contributed by atoms with van der Waals surface area (Å²) in [6, 6.07) is 7.65. The summed E-state index contributed by atoms with van der Waals surface area (Å²) in [6.45, 7) is 8.67. The van der Waals surface area contributed by atoms with Crippen molar-refractivity contribution >= 4 is 11.9 Å². The average molecular weight is 307 g/mol. The smallest absolute Gasteiger partial charge is 0.305 e. The quantitative estimate of drug-likeness (QED) is 0.841. The molecule has 1 amide bonds. The number of carbonyl (C=O) groups is 2. The van der Waals surface area contributed by atoms with E-state index >= 15 is 0 Å². The molecule has 0 aliphatic carbocycles. The standard InChI is InChI=1S/C17H25NO4/c1-5-18(11-10-16(20)21)15(19)12-22-14-9-7-6-8-13(14)17(2,3)4/h6-9H,5,10-12H2,1-4H3,(H,20,21). The van der Waals surface area contributed by atoms with E-state index in [0.717, 1.165) is 5.56 Å². The third kappa shape index (κ3) is 5.39. The van der Waals surface area contributed by atoms with Gasteiger partial charge in [0.2, 0.25) is 0 Å². The first kappa shape index (κ1) is 18.0. The summed E-state index contributed by atoms with van der Waals surface area (Å²) in [5, 5.41) is 8.70. The van der Waals surface area contributed by atoms with Gasteiger partial charge in [-0.1, -0.05) is 39.0 Å². The number of carboxylic acids is 1. The number of amides is 1. The molecule has 0 unspecified atom stereocenters. The Morgan fingerprint density at radius 3 is 2.41 bits per heavy atom. The van der Waals surface area contributed by atoms with Crippen molar-refractivity contribution in [2.75, 3.05) is 19.7 Å². The van der Waals surface area contributed by atoms with E-state index in [9.17, 15) is 9.59 Å². The zero-order valence-corrected chi connectivity index (χ0v) is 13.8. The van der Waals surface area contributed by atoms with Crippen LogP contribution in [0.2, 0.25) is 0 Å². The van der Waals surface area contributed by atoms with Gasteiger partial charge in [0.05, 0.1) is 6.42 Å². The average Bonchev–Trinajstić information content (AvgIpc) is 2.44. The predicted molar refractivity (Wildman–Crippen MR) is 85.1 cm³/mol. The molecule has 0 saturated carbocycles. The van der Waals surface area contributed by atoms with Crippen molar-refractivity contribution in [1.82, 2.24) is 4.90 Å². The number of para-hydroxylation sites is 1. The number of ether oxygens (including phenoxy) is 1. The molecule has 0 saturated heterocycles.